The maximum absolute atomic E-state index is 12.6. The summed E-state index contributed by atoms with van der Waals surface area (Å²) in [6.45, 7) is 11.3. The summed E-state index contributed by atoms with van der Waals surface area (Å²) < 4.78 is 5.46. The molecule has 0 aliphatic heterocycles. The molecule has 7 heteroatoms. The number of amides is 3. The van der Waals surface area contributed by atoms with Gasteiger partial charge in [-0.3, -0.25) is 14.4 Å². The number of nitrogens with one attached hydrogen (secondary N) is 3. The quantitative estimate of drug-likeness (QED) is 0.300. The van der Waals surface area contributed by atoms with Gasteiger partial charge in [0.25, 0.3) is 0 Å². The molecule has 34 heavy (non-hydrogen) atoms. The van der Waals surface area contributed by atoms with E-state index in [-0.39, 0.29) is 29.7 Å². The first-order chi connectivity index (χ1) is 16.2. The molecule has 0 radical (unpaired) electrons. The van der Waals surface area contributed by atoms with Crippen molar-refractivity contribution in [3.8, 4) is 0 Å². The molecule has 0 spiro atoms. The highest BCUT2D eigenvalue weighted by Crippen LogP contribution is 2.08. The van der Waals surface area contributed by atoms with Crippen LogP contribution in [-0.4, -0.2) is 49.6 Å². The molecule has 1 aromatic carbocycles. The predicted octanol–water partition coefficient (Wildman–Crippen LogP) is 3.68. The second kappa shape index (κ2) is 17.1. The van der Waals surface area contributed by atoms with E-state index in [1.165, 1.54) is 11.1 Å². The summed E-state index contributed by atoms with van der Waals surface area (Å²) in [7, 11) is 0. The molecule has 3 amide bonds. The Labute approximate surface area is 205 Å². The summed E-state index contributed by atoms with van der Waals surface area (Å²) >= 11 is 0. The average Bonchev–Trinajstić information content (AvgIpc) is 2.76. The van der Waals surface area contributed by atoms with Crippen LogP contribution < -0.4 is 16.0 Å². The molecule has 0 aliphatic carbocycles. The van der Waals surface area contributed by atoms with Crippen LogP contribution in [0.15, 0.2) is 24.3 Å². The summed E-state index contributed by atoms with van der Waals surface area (Å²) in [6, 6.07) is 7.82. The lowest BCUT2D eigenvalue weighted by Crippen LogP contribution is -2.47. The highest BCUT2D eigenvalue weighted by atomic mass is 16.5. The molecule has 3 N–H and O–H groups in total. The zero-order chi connectivity index (χ0) is 25.3. The van der Waals surface area contributed by atoms with Gasteiger partial charge in [0.1, 0.15) is 6.04 Å². The largest absolute Gasteiger partial charge is 0.377 e. The Bertz CT molecular complexity index is 732. The number of benzene rings is 1. The average molecular weight is 476 g/mol. The number of rotatable bonds is 17. The van der Waals surface area contributed by atoms with Crippen molar-refractivity contribution in [2.75, 3.05) is 19.7 Å². The minimum atomic E-state index is -0.574. The monoisotopic (exact) mass is 475 g/mol. The Kier molecular flexibility index (Phi) is 14.9. The van der Waals surface area contributed by atoms with E-state index in [1.807, 2.05) is 27.7 Å². The minimum Gasteiger partial charge on any atom is -0.377 e. The molecule has 7 nitrogen and oxygen atoms in total. The molecule has 0 heterocycles. The number of aryl methyl sites for hydroxylation is 2. The van der Waals surface area contributed by atoms with Gasteiger partial charge in [-0.2, -0.15) is 0 Å². The molecule has 0 unspecified atom stereocenters. The van der Waals surface area contributed by atoms with Crippen LogP contribution in [0, 0.1) is 12.8 Å². The second-order valence-electron chi connectivity index (χ2n) is 9.61. The Hall–Kier alpha value is -2.41. The molecule has 0 saturated heterocycles. The van der Waals surface area contributed by atoms with Crippen molar-refractivity contribution in [3.63, 3.8) is 0 Å². The molecule has 192 valence electrons. The third-order valence-corrected chi connectivity index (χ3v) is 5.33. The molecular weight excluding hydrogens is 430 g/mol. The van der Waals surface area contributed by atoms with Crippen LogP contribution in [0.1, 0.15) is 77.3 Å². The van der Waals surface area contributed by atoms with Gasteiger partial charge in [-0.25, -0.2) is 0 Å². The van der Waals surface area contributed by atoms with Crippen molar-refractivity contribution in [2.24, 2.45) is 5.92 Å². The van der Waals surface area contributed by atoms with E-state index < -0.39 is 6.04 Å². The van der Waals surface area contributed by atoms with Crippen molar-refractivity contribution in [1.82, 2.24) is 16.0 Å². The van der Waals surface area contributed by atoms with Gasteiger partial charge in [-0.05, 0) is 64.4 Å². The zero-order valence-corrected chi connectivity index (χ0v) is 21.7. The zero-order valence-electron chi connectivity index (χ0n) is 21.7. The number of carbonyl (C=O) groups is 3. The minimum absolute atomic E-state index is 0.0526. The summed E-state index contributed by atoms with van der Waals surface area (Å²) in [5.74, 6) is -0.0266. The number of carbonyl (C=O) groups excluding carboxylic acids is 3. The van der Waals surface area contributed by atoms with E-state index in [0.717, 1.165) is 25.7 Å². The first kappa shape index (κ1) is 29.6. The standard InChI is InChI=1S/C27H45N3O4/c1-20(2)19-26(32)30-24(27(33)29-17-18-34-21(3)4)10-6-7-16-28-25(31)11-8-9-23-14-12-22(5)13-15-23/h12-15,20-21,24H,6-11,16-19H2,1-5H3,(H,28,31)(H,29,33)(H,30,32)/t24-/m0/s1. The Morgan fingerprint density at radius 2 is 1.59 bits per heavy atom. The van der Waals surface area contributed by atoms with Crippen LogP contribution in [-0.2, 0) is 25.5 Å². The molecule has 1 rings (SSSR count). The van der Waals surface area contributed by atoms with Gasteiger partial charge in [0.2, 0.25) is 17.7 Å². The molecule has 1 atom stereocenters. The first-order valence-corrected chi connectivity index (χ1v) is 12.7. The van der Waals surface area contributed by atoms with Gasteiger partial charge in [0.15, 0.2) is 0 Å². The highest BCUT2D eigenvalue weighted by molar-refractivity contribution is 5.87. The number of unbranched alkanes of at least 4 members (excludes halogenated alkanes) is 1. The molecular formula is C27H45N3O4. The third-order valence-electron chi connectivity index (χ3n) is 5.33. The van der Waals surface area contributed by atoms with Gasteiger partial charge in [-0.15, -0.1) is 0 Å². The second-order valence-corrected chi connectivity index (χ2v) is 9.61. The summed E-state index contributed by atoms with van der Waals surface area (Å²) in [6.07, 6.45) is 4.72. The lowest BCUT2D eigenvalue weighted by atomic mass is 10.1. The van der Waals surface area contributed by atoms with Gasteiger partial charge in [0, 0.05) is 25.9 Å². The van der Waals surface area contributed by atoms with Gasteiger partial charge >= 0.3 is 0 Å². The fourth-order valence-electron chi connectivity index (χ4n) is 3.48. The topological polar surface area (TPSA) is 96.5 Å². The van der Waals surface area contributed by atoms with E-state index in [4.69, 9.17) is 4.74 Å². The summed E-state index contributed by atoms with van der Waals surface area (Å²) in [4.78, 5) is 36.9. The Morgan fingerprint density at radius 3 is 2.24 bits per heavy atom. The first-order valence-electron chi connectivity index (χ1n) is 12.7. The van der Waals surface area contributed by atoms with Crippen LogP contribution in [0.3, 0.4) is 0 Å². The lowest BCUT2D eigenvalue weighted by Gasteiger charge is -2.19. The molecule has 0 bridgehead atoms. The van der Waals surface area contributed by atoms with Crippen LogP contribution in [0.2, 0.25) is 0 Å². The van der Waals surface area contributed by atoms with Crippen LogP contribution in [0.4, 0.5) is 0 Å². The molecule has 1 aromatic rings. The van der Waals surface area contributed by atoms with Gasteiger partial charge in [0.05, 0.1) is 12.7 Å². The van der Waals surface area contributed by atoms with Crippen molar-refractivity contribution in [1.29, 1.82) is 0 Å². The number of hydrogen-bond acceptors (Lipinski definition) is 4. The SMILES string of the molecule is Cc1ccc(CCCC(=O)NCCCC[C@H](NC(=O)CC(C)C)C(=O)NCCOC(C)C)cc1. The van der Waals surface area contributed by atoms with Crippen molar-refractivity contribution in [3.05, 3.63) is 35.4 Å². The summed E-state index contributed by atoms with van der Waals surface area (Å²) in [5.41, 5.74) is 2.49. The predicted molar refractivity (Wildman–Crippen MR) is 136 cm³/mol. The van der Waals surface area contributed by atoms with Crippen molar-refractivity contribution < 1.29 is 19.1 Å². The molecule has 0 saturated carbocycles. The van der Waals surface area contributed by atoms with Crippen molar-refractivity contribution in [2.45, 2.75) is 91.7 Å². The normalized spacial score (nSPS) is 12.0. The van der Waals surface area contributed by atoms with E-state index in [2.05, 4.69) is 47.1 Å². The highest BCUT2D eigenvalue weighted by Gasteiger charge is 2.20. The fraction of sp³-hybridized carbons (Fsp3) is 0.667. The number of hydrogen-bond donors (Lipinski definition) is 3. The van der Waals surface area contributed by atoms with Crippen LogP contribution >= 0.6 is 0 Å². The van der Waals surface area contributed by atoms with E-state index >= 15 is 0 Å². The molecule has 0 aliphatic rings. The van der Waals surface area contributed by atoms with Gasteiger partial charge in [-0.1, -0.05) is 43.7 Å². The van der Waals surface area contributed by atoms with E-state index in [0.29, 0.717) is 39.0 Å². The van der Waals surface area contributed by atoms with Crippen LogP contribution in [0.5, 0.6) is 0 Å². The Morgan fingerprint density at radius 1 is 0.882 bits per heavy atom. The maximum Gasteiger partial charge on any atom is 0.242 e. The number of ether oxygens (including phenoxy) is 1. The fourth-order valence-corrected chi connectivity index (χ4v) is 3.48. The molecule has 0 fully saturated rings. The molecule has 0 aromatic heterocycles. The van der Waals surface area contributed by atoms with Crippen LogP contribution in [0.25, 0.3) is 0 Å². The lowest BCUT2D eigenvalue weighted by molar-refractivity contribution is -0.129. The Balaban J connectivity index is 2.31. The smallest absolute Gasteiger partial charge is 0.242 e. The van der Waals surface area contributed by atoms with Gasteiger partial charge < -0.3 is 20.7 Å². The van der Waals surface area contributed by atoms with E-state index in [1.54, 1.807) is 0 Å². The van der Waals surface area contributed by atoms with Crippen molar-refractivity contribution >= 4 is 17.7 Å². The third kappa shape index (κ3) is 14.7. The maximum atomic E-state index is 12.6. The summed E-state index contributed by atoms with van der Waals surface area (Å²) in [5, 5.41) is 8.67. The van der Waals surface area contributed by atoms with E-state index in [9.17, 15) is 14.4 Å².